The van der Waals surface area contributed by atoms with Crippen LogP contribution in [0.2, 0.25) is 0 Å². The number of nitrogens with zero attached hydrogens (tertiary/aromatic N) is 1. The van der Waals surface area contributed by atoms with Crippen molar-refractivity contribution in [1.29, 1.82) is 0 Å². The molecular weight excluding hydrogens is 775 g/mol. The van der Waals surface area contributed by atoms with Crippen LogP contribution >= 0.6 is 0 Å². The molecule has 0 aliphatic heterocycles. The summed E-state index contributed by atoms with van der Waals surface area (Å²) in [7, 11) is 0. The van der Waals surface area contributed by atoms with Crippen LogP contribution in [0.15, 0.2) is 253 Å². The Morgan fingerprint density at radius 3 is 1.33 bits per heavy atom. The number of anilines is 3. The van der Waals surface area contributed by atoms with E-state index >= 15 is 0 Å². The summed E-state index contributed by atoms with van der Waals surface area (Å²) in [6.45, 7) is 0. The van der Waals surface area contributed by atoms with E-state index < -0.39 is 0 Å². The highest BCUT2D eigenvalue weighted by Gasteiger charge is 2.19. The molecule has 0 fully saturated rings. The number of rotatable bonds is 8. The van der Waals surface area contributed by atoms with Gasteiger partial charge in [0.2, 0.25) is 0 Å². The lowest BCUT2D eigenvalue weighted by atomic mass is 9.89. The average Bonchev–Trinajstić information content (AvgIpc) is 3.77. The van der Waals surface area contributed by atoms with E-state index in [0.29, 0.717) is 0 Å². The number of furan rings is 1. The fraction of sp³-hybridized carbons (Fsp3) is 0. The summed E-state index contributed by atoms with van der Waals surface area (Å²) in [4.78, 5) is 2.38. The fourth-order valence-corrected chi connectivity index (χ4v) is 9.59. The molecule has 300 valence electrons. The van der Waals surface area contributed by atoms with Gasteiger partial charge in [0.1, 0.15) is 11.2 Å². The quantitative estimate of drug-likeness (QED) is 0.152. The van der Waals surface area contributed by atoms with Crippen LogP contribution in [0.25, 0.3) is 99.1 Å². The summed E-state index contributed by atoms with van der Waals surface area (Å²) in [5.41, 5.74) is 16.7. The molecule has 0 aliphatic rings. The lowest BCUT2D eigenvalue weighted by Gasteiger charge is -2.27. The first-order valence-corrected chi connectivity index (χ1v) is 21.9. The molecule has 0 radical (unpaired) electrons. The topological polar surface area (TPSA) is 16.4 Å². The zero-order valence-electron chi connectivity index (χ0n) is 35.0. The van der Waals surface area contributed by atoms with E-state index in [1.54, 1.807) is 0 Å². The zero-order valence-corrected chi connectivity index (χ0v) is 35.0. The van der Waals surface area contributed by atoms with E-state index in [-0.39, 0.29) is 0 Å². The maximum Gasteiger partial charge on any atom is 0.143 e. The highest BCUT2D eigenvalue weighted by molar-refractivity contribution is 6.13. The summed E-state index contributed by atoms with van der Waals surface area (Å²) in [5, 5.41) is 7.12. The van der Waals surface area contributed by atoms with Gasteiger partial charge in [-0.15, -0.1) is 0 Å². The third-order valence-electron chi connectivity index (χ3n) is 12.7. The molecule has 1 heterocycles. The average molecular weight is 816 g/mol. The van der Waals surface area contributed by atoms with Gasteiger partial charge in [0.05, 0.1) is 5.69 Å². The molecule has 0 spiro atoms. The van der Waals surface area contributed by atoms with E-state index in [4.69, 9.17) is 4.42 Å². The molecule has 2 nitrogen and oxygen atoms in total. The lowest BCUT2D eigenvalue weighted by molar-refractivity contribution is 0.671. The van der Waals surface area contributed by atoms with Crippen molar-refractivity contribution in [2.45, 2.75) is 0 Å². The molecule has 0 amide bonds. The molecule has 0 saturated carbocycles. The fourth-order valence-electron chi connectivity index (χ4n) is 9.59. The third-order valence-corrected chi connectivity index (χ3v) is 12.7. The lowest BCUT2D eigenvalue weighted by Crippen LogP contribution is -2.10. The maximum atomic E-state index is 6.80. The van der Waals surface area contributed by atoms with E-state index in [9.17, 15) is 0 Å². The van der Waals surface area contributed by atoms with Crippen molar-refractivity contribution in [3.05, 3.63) is 249 Å². The van der Waals surface area contributed by atoms with Gasteiger partial charge in [0.25, 0.3) is 0 Å². The third kappa shape index (κ3) is 6.52. The molecule has 0 atom stereocenters. The molecule has 0 saturated heterocycles. The smallest absolute Gasteiger partial charge is 0.143 e. The molecule has 1 aromatic heterocycles. The largest absolute Gasteiger partial charge is 0.455 e. The van der Waals surface area contributed by atoms with Crippen LogP contribution in [-0.4, -0.2) is 0 Å². The Labute approximate surface area is 372 Å². The molecule has 2 heteroatoms. The van der Waals surface area contributed by atoms with E-state index in [2.05, 4.69) is 254 Å². The van der Waals surface area contributed by atoms with Crippen molar-refractivity contribution < 1.29 is 4.42 Å². The molecule has 12 rings (SSSR count). The first-order valence-electron chi connectivity index (χ1n) is 21.9. The summed E-state index contributed by atoms with van der Waals surface area (Å²) in [6.07, 6.45) is 0. The Hall–Kier alpha value is -8.46. The van der Waals surface area contributed by atoms with Crippen LogP contribution < -0.4 is 4.90 Å². The maximum absolute atomic E-state index is 6.80. The van der Waals surface area contributed by atoms with E-state index in [0.717, 1.165) is 66.8 Å². The second-order valence-electron chi connectivity index (χ2n) is 16.4. The molecule has 0 unspecified atom stereocenters. The molecule has 0 N–H and O–H groups in total. The van der Waals surface area contributed by atoms with Gasteiger partial charge in [0.15, 0.2) is 0 Å². The summed E-state index contributed by atoms with van der Waals surface area (Å²) in [6, 6.07) is 89.5. The standard InChI is InChI=1S/C62H41NO/c1-3-15-45(16-4-1)53-25-13-28-57-58-29-14-26-54(62(58)64-61(53)57)47-33-38-50(39-34-47)63(60-30-12-22-44-20-8-10-24-52(44)60)49-36-31-42(32-37-49)48-35-40-56(59(41-48)46-17-5-2-6-18-46)55-27-11-21-43-19-7-9-23-51(43)55/h1-41H. The predicted octanol–water partition coefficient (Wildman–Crippen LogP) is 17.7. The molecular formula is C62H41NO. The van der Waals surface area contributed by atoms with Crippen molar-refractivity contribution in [2.75, 3.05) is 4.90 Å². The van der Waals surface area contributed by atoms with Crippen LogP contribution in [0.3, 0.4) is 0 Å². The molecule has 12 aromatic rings. The minimum absolute atomic E-state index is 0.899. The second kappa shape index (κ2) is 15.8. The molecule has 0 bridgehead atoms. The van der Waals surface area contributed by atoms with Gasteiger partial charge in [-0.2, -0.15) is 0 Å². The van der Waals surface area contributed by atoms with Crippen molar-refractivity contribution in [3.8, 4) is 55.6 Å². The van der Waals surface area contributed by atoms with Crippen LogP contribution in [0.4, 0.5) is 17.1 Å². The summed E-state index contributed by atoms with van der Waals surface area (Å²) < 4.78 is 6.80. The Morgan fingerprint density at radius 1 is 0.250 bits per heavy atom. The normalized spacial score (nSPS) is 11.4. The van der Waals surface area contributed by atoms with Crippen molar-refractivity contribution in [1.82, 2.24) is 0 Å². The first kappa shape index (κ1) is 37.3. The van der Waals surface area contributed by atoms with Crippen LogP contribution in [0.5, 0.6) is 0 Å². The SMILES string of the molecule is c1ccc(-c2cc(-c3ccc(N(c4ccc(-c5cccc6c5oc5c(-c7ccccc7)cccc56)cc4)c4cccc5ccccc45)cc3)ccc2-c2cccc3ccccc23)cc1. The summed E-state index contributed by atoms with van der Waals surface area (Å²) >= 11 is 0. The number of para-hydroxylation sites is 2. The van der Waals surface area contributed by atoms with Crippen LogP contribution in [0, 0.1) is 0 Å². The minimum atomic E-state index is 0.899. The minimum Gasteiger partial charge on any atom is -0.455 e. The first-order chi connectivity index (χ1) is 31.7. The molecule has 0 aliphatic carbocycles. The Morgan fingerprint density at radius 2 is 0.688 bits per heavy atom. The van der Waals surface area contributed by atoms with Gasteiger partial charge in [-0.25, -0.2) is 0 Å². The number of hydrogen-bond acceptors (Lipinski definition) is 2. The van der Waals surface area contributed by atoms with Crippen molar-refractivity contribution in [2.24, 2.45) is 0 Å². The number of benzene rings is 11. The number of fused-ring (bicyclic) bond motifs is 5. The van der Waals surface area contributed by atoms with Gasteiger partial charge in [-0.05, 0) is 97.1 Å². The van der Waals surface area contributed by atoms with Gasteiger partial charge < -0.3 is 9.32 Å². The Bertz CT molecular complexity index is 3630. The zero-order chi connectivity index (χ0) is 42.4. The van der Waals surface area contributed by atoms with E-state index in [1.807, 2.05) is 0 Å². The van der Waals surface area contributed by atoms with Gasteiger partial charge >= 0.3 is 0 Å². The molecule has 64 heavy (non-hydrogen) atoms. The summed E-state index contributed by atoms with van der Waals surface area (Å²) in [5.74, 6) is 0. The van der Waals surface area contributed by atoms with Gasteiger partial charge in [-0.1, -0.05) is 212 Å². The van der Waals surface area contributed by atoms with Crippen molar-refractivity contribution >= 4 is 60.5 Å². The highest BCUT2D eigenvalue weighted by Crippen LogP contribution is 2.44. The van der Waals surface area contributed by atoms with Crippen LogP contribution in [0.1, 0.15) is 0 Å². The Kier molecular flexibility index (Phi) is 9.20. The molecule has 11 aromatic carbocycles. The highest BCUT2D eigenvalue weighted by atomic mass is 16.3. The van der Waals surface area contributed by atoms with Crippen LogP contribution in [-0.2, 0) is 0 Å². The monoisotopic (exact) mass is 815 g/mol. The van der Waals surface area contributed by atoms with E-state index in [1.165, 1.54) is 49.4 Å². The van der Waals surface area contributed by atoms with Gasteiger partial charge in [-0.3, -0.25) is 0 Å². The Balaban J connectivity index is 0.944. The predicted molar refractivity (Wildman–Crippen MR) is 271 cm³/mol. The second-order valence-corrected chi connectivity index (χ2v) is 16.4. The van der Waals surface area contributed by atoms with Crippen molar-refractivity contribution in [3.63, 3.8) is 0 Å². The number of hydrogen-bond donors (Lipinski definition) is 0. The van der Waals surface area contributed by atoms with Gasteiger partial charge in [0, 0.05) is 38.7 Å².